The van der Waals surface area contributed by atoms with Crippen LogP contribution in [0.2, 0.25) is 5.02 Å². The van der Waals surface area contributed by atoms with E-state index in [0.717, 1.165) is 16.6 Å². The summed E-state index contributed by atoms with van der Waals surface area (Å²) in [6, 6.07) is 12.9. The van der Waals surface area contributed by atoms with Gasteiger partial charge in [-0.25, -0.2) is 9.97 Å². The van der Waals surface area contributed by atoms with E-state index in [1.165, 1.54) is 11.3 Å². The van der Waals surface area contributed by atoms with Gasteiger partial charge in [0.25, 0.3) is 0 Å². The molecule has 0 atom stereocenters. The van der Waals surface area contributed by atoms with Crippen molar-refractivity contribution >= 4 is 39.7 Å². The third kappa shape index (κ3) is 3.76. The topological polar surface area (TPSA) is 86.0 Å². The lowest BCUT2D eigenvalue weighted by Crippen LogP contribution is -2.10. The second-order valence-electron chi connectivity index (χ2n) is 5.05. The van der Waals surface area contributed by atoms with E-state index in [4.69, 9.17) is 16.7 Å². The molecule has 2 aromatic carbocycles. The van der Waals surface area contributed by atoms with E-state index in [0.29, 0.717) is 16.5 Å². The maximum absolute atomic E-state index is 8.95. The molecule has 0 saturated carbocycles. The standard InChI is InChI=1S/C16H15ClN6O/c1-23(10-24)22-21-13-5-6-15-14(8-13)16(19-9-18-15)20-12-4-2-3-11(17)7-12/h2-9,24H,10H2,1H3,(H,18,19,20). The first-order valence-corrected chi connectivity index (χ1v) is 7.54. The minimum absolute atomic E-state index is 0.207. The Hall–Kier alpha value is -2.77. The molecule has 0 amide bonds. The molecule has 0 radical (unpaired) electrons. The largest absolute Gasteiger partial charge is 0.375 e. The van der Waals surface area contributed by atoms with Gasteiger partial charge in [-0.15, -0.1) is 5.11 Å². The molecule has 0 aliphatic rings. The normalized spacial score (nSPS) is 11.1. The molecule has 24 heavy (non-hydrogen) atoms. The van der Waals surface area contributed by atoms with Crippen LogP contribution in [0.4, 0.5) is 17.2 Å². The first kappa shape index (κ1) is 16.1. The van der Waals surface area contributed by atoms with Crippen molar-refractivity contribution in [2.24, 2.45) is 10.3 Å². The van der Waals surface area contributed by atoms with Gasteiger partial charge in [0.05, 0.1) is 11.2 Å². The fourth-order valence-electron chi connectivity index (χ4n) is 2.07. The van der Waals surface area contributed by atoms with E-state index < -0.39 is 0 Å². The number of benzene rings is 2. The number of nitrogens with zero attached hydrogens (tertiary/aromatic N) is 5. The number of nitrogens with one attached hydrogen (secondary N) is 1. The molecular formula is C16H15ClN6O. The molecule has 122 valence electrons. The lowest BCUT2D eigenvalue weighted by atomic mass is 10.2. The van der Waals surface area contributed by atoms with E-state index in [2.05, 4.69) is 25.6 Å². The van der Waals surface area contributed by atoms with Gasteiger partial charge in [-0.1, -0.05) is 22.9 Å². The minimum atomic E-state index is -0.207. The summed E-state index contributed by atoms with van der Waals surface area (Å²) in [6.45, 7) is -0.207. The van der Waals surface area contributed by atoms with Crippen LogP contribution < -0.4 is 5.32 Å². The minimum Gasteiger partial charge on any atom is -0.375 e. The molecule has 3 rings (SSSR count). The number of aromatic nitrogens is 2. The zero-order valence-electron chi connectivity index (χ0n) is 12.9. The third-order valence-electron chi connectivity index (χ3n) is 3.22. The van der Waals surface area contributed by atoms with E-state index in [1.807, 2.05) is 30.3 Å². The van der Waals surface area contributed by atoms with Crippen molar-refractivity contribution in [1.82, 2.24) is 15.0 Å². The Balaban J connectivity index is 1.97. The summed E-state index contributed by atoms with van der Waals surface area (Å²) >= 11 is 6.01. The molecular weight excluding hydrogens is 328 g/mol. The van der Waals surface area contributed by atoms with Crippen LogP contribution in [0.5, 0.6) is 0 Å². The maximum Gasteiger partial charge on any atom is 0.141 e. The van der Waals surface area contributed by atoms with Crippen LogP contribution in [0.15, 0.2) is 59.1 Å². The Bertz CT molecular complexity index is 885. The molecule has 0 unspecified atom stereocenters. The van der Waals surface area contributed by atoms with Crippen molar-refractivity contribution in [3.8, 4) is 0 Å². The van der Waals surface area contributed by atoms with Gasteiger partial charge >= 0.3 is 0 Å². The summed E-state index contributed by atoms with van der Waals surface area (Å²) in [5.41, 5.74) is 2.24. The Kier molecular flexibility index (Phi) is 4.83. The van der Waals surface area contributed by atoms with Crippen LogP contribution in [0.1, 0.15) is 0 Å². The highest BCUT2D eigenvalue weighted by molar-refractivity contribution is 6.30. The average molecular weight is 343 g/mol. The molecule has 1 heterocycles. The van der Waals surface area contributed by atoms with E-state index in [1.54, 1.807) is 19.2 Å². The van der Waals surface area contributed by atoms with E-state index in [-0.39, 0.29) is 6.73 Å². The second-order valence-corrected chi connectivity index (χ2v) is 5.48. The zero-order chi connectivity index (χ0) is 16.9. The number of hydrogen-bond donors (Lipinski definition) is 2. The number of aliphatic hydroxyl groups excluding tert-OH is 1. The molecule has 8 heteroatoms. The Morgan fingerprint density at radius 2 is 2.08 bits per heavy atom. The fourth-order valence-corrected chi connectivity index (χ4v) is 2.26. The van der Waals surface area contributed by atoms with Gasteiger partial charge in [0.2, 0.25) is 0 Å². The molecule has 3 aromatic rings. The third-order valence-corrected chi connectivity index (χ3v) is 3.46. The van der Waals surface area contributed by atoms with Gasteiger partial charge in [0, 0.05) is 23.1 Å². The molecule has 0 aliphatic carbocycles. The van der Waals surface area contributed by atoms with Crippen molar-refractivity contribution in [2.45, 2.75) is 0 Å². The van der Waals surface area contributed by atoms with Crippen LogP contribution >= 0.6 is 11.6 Å². The van der Waals surface area contributed by atoms with Crippen LogP contribution in [-0.4, -0.2) is 33.9 Å². The highest BCUT2D eigenvalue weighted by Gasteiger charge is 2.06. The SMILES string of the molecule is CN(CO)N=Nc1ccc2ncnc(Nc3cccc(Cl)c3)c2c1. The monoisotopic (exact) mass is 342 g/mol. The lowest BCUT2D eigenvalue weighted by molar-refractivity contribution is 0.129. The van der Waals surface area contributed by atoms with Crippen molar-refractivity contribution in [1.29, 1.82) is 0 Å². The number of rotatable bonds is 5. The first-order valence-electron chi connectivity index (χ1n) is 7.17. The molecule has 2 N–H and O–H groups in total. The zero-order valence-corrected chi connectivity index (χ0v) is 13.6. The van der Waals surface area contributed by atoms with Crippen LogP contribution in [0, 0.1) is 0 Å². The molecule has 7 nitrogen and oxygen atoms in total. The van der Waals surface area contributed by atoms with Gasteiger partial charge in [-0.2, -0.15) is 0 Å². The highest BCUT2D eigenvalue weighted by atomic mass is 35.5. The van der Waals surface area contributed by atoms with Gasteiger partial charge in [-0.3, -0.25) is 5.01 Å². The maximum atomic E-state index is 8.95. The molecule has 0 aliphatic heterocycles. The fraction of sp³-hybridized carbons (Fsp3) is 0.125. The number of anilines is 2. The number of aliphatic hydroxyl groups is 1. The van der Waals surface area contributed by atoms with Crippen LogP contribution in [-0.2, 0) is 0 Å². The molecule has 0 spiro atoms. The first-order chi connectivity index (χ1) is 11.7. The summed E-state index contributed by atoms with van der Waals surface area (Å²) < 4.78 is 0. The molecule has 0 bridgehead atoms. The van der Waals surface area contributed by atoms with Crippen LogP contribution in [0.3, 0.4) is 0 Å². The van der Waals surface area contributed by atoms with Gasteiger partial charge in [0.15, 0.2) is 0 Å². The van der Waals surface area contributed by atoms with Gasteiger partial charge < -0.3 is 10.4 Å². The molecule has 1 aromatic heterocycles. The predicted molar refractivity (Wildman–Crippen MR) is 93.6 cm³/mol. The van der Waals surface area contributed by atoms with E-state index >= 15 is 0 Å². The van der Waals surface area contributed by atoms with Crippen LogP contribution in [0.25, 0.3) is 10.9 Å². The summed E-state index contributed by atoms with van der Waals surface area (Å²) in [5.74, 6) is 0.648. The quantitative estimate of drug-likeness (QED) is 0.417. The van der Waals surface area contributed by atoms with Crippen molar-refractivity contribution in [3.63, 3.8) is 0 Å². The highest BCUT2D eigenvalue weighted by Crippen LogP contribution is 2.27. The number of fused-ring (bicyclic) bond motifs is 1. The smallest absolute Gasteiger partial charge is 0.141 e. The predicted octanol–water partition coefficient (Wildman–Crippen LogP) is 3.91. The van der Waals surface area contributed by atoms with Crippen molar-refractivity contribution < 1.29 is 5.11 Å². The second kappa shape index (κ2) is 7.20. The van der Waals surface area contributed by atoms with E-state index in [9.17, 15) is 0 Å². The summed E-state index contributed by atoms with van der Waals surface area (Å²) in [6.07, 6.45) is 1.50. The van der Waals surface area contributed by atoms with Gasteiger partial charge in [-0.05, 0) is 36.4 Å². The lowest BCUT2D eigenvalue weighted by Gasteiger charge is -2.09. The Morgan fingerprint density at radius 3 is 2.88 bits per heavy atom. The van der Waals surface area contributed by atoms with Crippen molar-refractivity contribution in [2.75, 3.05) is 19.1 Å². The summed E-state index contributed by atoms with van der Waals surface area (Å²) in [7, 11) is 1.62. The molecule has 0 saturated heterocycles. The summed E-state index contributed by atoms with van der Waals surface area (Å²) in [5, 5.41) is 22.9. The molecule has 0 fully saturated rings. The Labute approximate surface area is 143 Å². The number of halogens is 1. The average Bonchev–Trinajstić information content (AvgIpc) is 2.60. The van der Waals surface area contributed by atoms with Crippen molar-refractivity contribution in [3.05, 3.63) is 53.8 Å². The van der Waals surface area contributed by atoms with Gasteiger partial charge in [0.1, 0.15) is 18.9 Å². The number of hydrogen-bond acceptors (Lipinski definition) is 6. The summed E-state index contributed by atoms with van der Waals surface area (Å²) in [4.78, 5) is 8.55. The Morgan fingerprint density at radius 1 is 1.21 bits per heavy atom.